The van der Waals surface area contributed by atoms with Crippen molar-refractivity contribution in [1.82, 2.24) is 5.32 Å². The number of carbonyl (C=O) groups excluding carboxylic acids is 1. The first-order valence-corrected chi connectivity index (χ1v) is 7.22. The van der Waals surface area contributed by atoms with Crippen LogP contribution >= 0.6 is 15.9 Å². The SMILES string of the molecule is COc1ccc(Br)cc1C(=O)NC1CCC(O)CC1. The maximum atomic E-state index is 12.3. The predicted octanol–water partition coefficient (Wildman–Crippen LogP) is 2.49. The quantitative estimate of drug-likeness (QED) is 0.896. The van der Waals surface area contributed by atoms with Crippen molar-refractivity contribution in [3.05, 3.63) is 28.2 Å². The molecule has 0 aromatic heterocycles. The Balaban J connectivity index is 2.05. The van der Waals surface area contributed by atoms with Gasteiger partial charge in [0.1, 0.15) is 5.75 Å². The third kappa shape index (κ3) is 3.70. The number of rotatable bonds is 3. The van der Waals surface area contributed by atoms with Crippen LogP contribution in [0.25, 0.3) is 0 Å². The number of nitrogens with one attached hydrogen (secondary N) is 1. The fraction of sp³-hybridized carbons (Fsp3) is 0.500. The smallest absolute Gasteiger partial charge is 0.255 e. The van der Waals surface area contributed by atoms with E-state index >= 15 is 0 Å². The van der Waals surface area contributed by atoms with Gasteiger partial charge in [-0.1, -0.05) is 15.9 Å². The number of amides is 1. The summed E-state index contributed by atoms with van der Waals surface area (Å²) in [5.41, 5.74) is 0.531. The first-order chi connectivity index (χ1) is 9.10. The van der Waals surface area contributed by atoms with Crippen LogP contribution < -0.4 is 10.1 Å². The molecule has 1 saturated carbocycles. The van der Waals surface area contributed by atoms with E-state index in [0.29, 0.717) is 11.3 Å². The molecule has 0 aliphatic heterocycles. The van der Waals surface area contributed by atoms with E-state index < -0.39 is 0 Å². The molecule has 1 aliphatic rings. The van der Waals surface area contributed by atoms with Crippen LogP contribution in [-0.4, -0.2) is 30.3 Å². The molecule has 2 N–H and O–H groups in total. The molecular formula is C14H18BrNO3. The Morgan fingerprint density at radius 1 is 1.37 bits per heavy atom. The summed E-state index contributed by atoms with van der Waals surface area (Å²) < 4.78 is 6.05. The zero-order valence-electron chi connectivity index (χ0n) is 10.9. The molecule has 5 heteroatoms. The summed E-state index contributed by atoms with van der Waals surface area (Å²) in [4.78, 5) is 12.3. The number of aliphatic hydroxyl groups excluding tert-OH is 1. The van der Waals surface area contributed by atoms with E-state index in [-0.39, 0.29) is 18.1 Å². The van der Waals surface area contributed by atoms with Crippen molar-refractivity contribution >= 4 is 21.8 Å². The summed E-state index contributed by atoms with van der Waals surface area (Å²) in [7, 11) is 1.55. The molecule has 2 rings (SSSR count). The molecular weight excluding hydrogens is 310 g/mol. The van der Waals surface area contributed by atoms with E-state index in [9.17, 15) is 9.90 Å². The molecule has 1 aromatic rings. The van der Waals surface area contributed by atoms with Gasteiger partial charge in [0.25, 0.3) is 5.91 Å². The summed E-state index contributed by atoms with van der Waals surface area (Å²) in [5.74, 6) is 0.441. The summed E-state index contributed by atoms with van der Waals surface area (Å²) in [6.45, 7) is 0. The van der Waals surface area contributed by atoms with Crippen LogP contribution in [-0.2, 0) is 0 Å². The van der Waals surface area contributed by atoms with E-state index in [4.69, 9.17) is 4.74 Å². The Labute approximate surface area is 121 Å². The highest BCUT2D eigenvalue weighted by molar-refractivity contribution is 9.10. The van der Waals surface area contributed by atoms with Crippen LogP contribution in [0.2, 0.25) is 0 Å². The summed E-state index contributed by atoms with van der Waals surface area (Å²) >= 11 is 3.36. The molecule has 1 fully saturated rings. The number of benzene rings is 1. The van der Waals surface area contributed by atoms with E-state index in [1.165, 1.54) is 0 Å². The van der Waals surface area contributed by atoms with Gasteiger partial charge in [-0.25, -0.2) is 0 Å². The van der Waals surface area contributed by atoms with E-state index in [2.05, 4.69) is 21.2 Å². The molecule has 104 valence electrons. The largest absolute Gasteiger partial charge is 0.496 e. The van der Waals surface area contributed by atoms with Crippen molar-refractivity contribution in [1.29, 1.82) is 0 Å². The molecule has 4 nitrogen and oxygen atoms in total. The number of methoxy groups -OCH3 is 1. The molecule has 1 aromatic carbocycles. The molecule has 1 amide bonds. The zero-order chi connectivity index (χ0) is 13.8. The monoisotopic (exact) mass is 327 g/mol. The molecule has 0 saturated heterocycles. The lowest BCUT2D eigenvalue weighted by molar-refractivity contribution is 0.0865. The standard InChI is InChI=1S/C14H18BrNO3/c1-19-13-7-2-9(15)8-12(13)14(18)16-10-3-5-11(17)6-4-10/h2,7-8,10-11,17H,3-6H2,1H3,(H,16,18). The molecule has 0 bridgehead atoms. The van der Waals surface area contributed by atoms with Crippen LogP contribution in [0, 0.1) is 0 Å². The fourth-order valence-electron chi connectivity index (χ4n) is 2.34. The molecule has 0 heterocycles. The number of carbonyl (C=O) groups is 1. The van der Waals surface area contributed by atoms with Crippen LogP contribution in [0.15, 0.2) is 22.7 Å². The number of hydrogen-bond donors (Lipinski definition) is 2. The number of halogens is 1. The number of ether oxygens (including phenoxy) is 1. The first-order valence-electron chi connectivity index (χ1n) is 6.42. The molecule has 0 unspecified atom stereocenters. The highest BCUT2D eigenvalue weighted by Gasteiger charge is 2.22. The summed E-state index contributed by atoms with van der Waals surface area (Å²) in [5, 5.41) is 12.5. The molecule has 19 heavy (non-hydrogen) atoms. The highest BCUT2D eigenvalue weighted by Crippen LogP contribution is 2.24. The Kier molecular flexibility index (Phi) is 4.82. The van der Waals surface area contributed by atoms with Gasteiger partial charge in [-0.2, -0.15) is 0 Å². The van der Waals surface area contributed by atoms with Crippen molar-refractivity contribution < 1.29 is 14.6 Å². The first kappa shape index (κ1) is 14.3. The molecule has 1 aliphatic carbocycles. The van der Waals surface area contributed by atoms with E-state index in [1.54, 1.807) is 19.2 Å². The Bertz CT molecular complexity index is 456. The van der Waals surface area contributed by atoms with Crippen molar-refractivity contribution in [2.45, 2.75) is 37.8 Å². The fourth-order valence-corrected chi connectivity index (χ4v) is 2.70. The van der Waals surface area contributed by atoms with Gasteiger partial charge in [0.15, 0.2) is 0 Å². The van der Waals surface area contributed by atoms with Crippen molar-refractivity contribution in [2.24, 2.45) is 0 Å². The summed E-state index contributed by atoms with van der Waals surface area (Å²) in [6.07, 6.45) is 2.93. The lowest BCUT2D eigenvalue weighted by atomic mass is 9.93. The third-order valence-corrected chi connectivity index (χ3v) is 3.93. The maximum Gasteiger partial charge on any atom is 0.255 e. The van der Waals surface area contributed by atoms with E-state index in [0.717, 1.165) is 30.2 Å². The predicted molar refractivity (Wildman–Crippen MR) is 76.4 cm³/mol. The van der Waals surface area contributed by atoms with Gasteiger partial charge in [0.05, 0.1) is 18.8 Å². The average molecular weight is 328 g/mol. The third-order valence-electron chi connectivity index (χ3n) is 3.44. The van der Waals surface area contributed by atoms with Gasteiger partial charge in [0, 0.05) is 10.5 Å². The van der Waals surface area contributed by atoms with Crippen molar-refractivity contribution in [3.63, 3.8) is 0 Å². The van der Waals surface area contributed by atoms with Crippen molar-refractivity contribution in [3.8, 4) is 5.75 Å². The minimum Gasteiger partial charge on any atom is -0.496 e. The van der Waals surface area contributed by atoms with Crippen LogP contribution in [0.3, 0.4) is 0 Å². The van der Waals surface area contributed by atoms with Crippen LogP contribution in [0.1, 0.15) is 36.0 Å². The van der Waals surface area contributed by atoms with Crippen LogP contribution in [0.4, 0.5) is 0 Å². The Morgan fingerprint density at radius 2 is 2.05 bits per heavy atom. The number of aliphatic hydroxyl groups is 1. The van der Waals surface area contributed by atoms with Gasteiger partial charge < -0.3 is 15.2 Å². The van der Waals surface area contributed by atoms with Gasteiger partial charge in [-0.05, 0) is 43.9 Å². The van der Waals surface area contributed by atoms with Gasteiger partial charge in [-0.15, -0.1) is 0 Å². The van der Waals surface area contributed by atoms with E-state index in [1.807, 2.05) is 6.07 Å². The normalized spacial score (nSPS) is 22.9. The second kappa shape index (κ2) is 6.39. The minimum absolute atomic E-state index is 0.125. The second-order valence-electron chi connectivity index (χ2n) is 4.82. The average Bonchev–Trinajstić information content (AvgIpc) is 2.41. The Hall–Kier alpha value is -1.07. The lowest BCUT2D eigenvalue weighted by Crippen LogP contribution is -2.38. The van der Waals surface area contributed by atoms with Gasteiger partial charge in [0.2, 0.25) is 0 Å². The van der Waals surface area contributed by atoms with Gasteiger partial charge in [-0.3, -0.25) is 4.79 Å². The lowest BCUT2D eigenvalue weighted by Gasteiger charge is -2.26. The highest BCUT2D eigenvalue weighted by atomic mass is 79.9. The topological polar surface area (TPSA) is 58.6 Å². The maximum absolute atomic E-state index is 12.3. The van der Waals surface area contributed by atoms with Crippen molar-refractivity contribution in [2.75, 3.05) is 7.11 Å². The second-order valence-corrected chi connectivity index (χ2v) is 5.74. The van der Waals surface area contributed by atoms with Gasteiger partial charge >= 0.3 is 0 Å². The number of hydrogen-bond acceptors (Lipinski definition) is 3. The minimum atomic E-state index is -0.214. The molecule has 0 atom stereocenters. The Morgan fingerprint density at radius 3 is 2.68 bits per heavy atom. The molecule has 0 radical (unpaired) electrons. The van der Waals surface area contributed by atoms with Crippen LogP contribution in [0.5, 0.6) is 5.75 Å². The zero-order valence-corrected chi connectivity index (χ0v) is 12.4. The molecule has 0 spiro atoms. The summed E-state index contributed by atoms with van der Waals surface area (Å²) in [6, 6.07) is 5.50.